The van der Waals surface area contributed by atoms with E-state index in [1.807, 2.05) is 36.0 Å². The molecule has 0 fully saturated rings. The number of aryl methyl sites for hydroxylation is 2. The maximum atomic E-state index is 11.9. The van der Waals surface area contributed by atoms with E-state index in [9.17, 15) is 4.79 Å². The Kier molecular flexibility index (Phi) is 4.10. The third-order valence-corrected chi connectivity index (χ3v) is 3.89. The molecule has 0 saturated heterocycles. The van der Waals surface area contributed by atoms with Crippen molar-refractivity contribution >= 4 is 23.2 Å². The normalized spacial score (nSPS) is 11.2. The van der Waals surface area contributed by atoms with Crippen molar-refractivity contribution in [3.8, 4) is 0 Å². The first-order valence-corrected chi connectivity index (χ1v) is 6.89. The zero-order chi connectivity index (χ0) is 13.0. The summed E-state index contributed by atoms with van der Waals surface area (Å²) in [7, 11) is 0. The average molecular weight is 260 g/mol. The SMILES string of the molecule is CCc1ccc(C(=O)/C=C/c2ccn(CC)n2)s1. The van der Waals surface area contributed by atoms with Gasteiger partial charge in [0, 0.05) is 17.6 Å². The van der Waals surface area contributed by atoms with Gasteiger partial charge in [0.05, 0.1) is 10.6 Å². The molecule has 2 rings (SSSR count). The van der Waals surface area contributed by atoms with Crippen LogP contribution >= 0.6 is 11.3 Å². The second-order valence-corrected chi connectivity index (χ2v) is 5.08. The molecule has 0 bridgehead atoms. The largest absolute Gasteiger partial charge is 0.288 e. The Morgan fingerprint density at radius 1 is 1.39 bits per heavy atom. The Balaban J connectivity index is 2.06. The van der Waals surface area contributed by atoms with E-state index in [1.165, 1.54) is 4.88 Å². The third kappa shape index (κ3) is 2.96. The maximum absolute atomic E-state index is 11.9. The highest BCUT2D eigenvalue weighted by Crippen LogP contribution is 2.18. The molecule has 0 aliphatic carbocycles. The van der Waals surface area contributed by atoms with Crippen molar-refractivity contribution < 1.29 is 4.79 Å². The number of allylic oxidation sites excluding steroid dienone is 1. The molecule has 0 aliphatic heterocycles. The molecule has 0 amide bonds. The molecule has 0 spiro atoms. The number of carbonyl (C=O) groups is 1. The molecule has 4 heteroatoms. The number of hydrogen-bond acceptors (Lipinski definition) is 3. The predicted molar refractivity (Wildman–Crippen MR) is 75.0 cm³/mol. The summed E-state index contributed by atoms with van der Waals surface area (Å²) in [4.78, 5) is 13.9. The molecule has 0 aromatic carbocycles. The van der Waals surface area contributed by atoms with Crippen molar-refractivity contribution in [1.29, 1.82) is 0 Å². The number of hydrogen-bond donors (Lipinski definition) is 0. The summed E-state index contributed by atoms with van der Waals surface area (Å²) in [5.41, 5.74) is 0.817. The minimum absolute atomic E-state index is 0.0470. The van der Waals surface area contributed by atoms with Gasteiger partial charge in [0.1, 0.15) is 0 Å². The number of ketones is 1. The molecule has 0 radical (unpaired) electrons. The summed E-state index contributed by atoms with van der Waals surface area (Å²) < 4.78 is 1.84. The van der Waals surface area contributed by atoms with Crippen LogP contribution in [0.1, 0.15) is 34.1 Å². The van der Waals surface area contributed by atoms with Crippen molar-refractivity contribution in [2.45, 2.75) is 26.8 Å². The first kappa shape index (κ1) is 12.8. The number of nitrogens with zero attached hydrogens (tertiary/aromatic N) is 2. The van der Waals surface area contributed by atoms with Crippen LogP contribution in [-0.4, -0.2) is 15.6 Å². The van der Waals surface area contributed by atoms with Crippen LogP contribution in [0, 0.1) is 0 Å². The standard InChI is InChI=1S/C14H16N2OS/c1-3-12-6-8-14(18-12)13(17)7-5-11-9-10-16(4-2)15-11/h5-10H,3-4H2,1-2H3/b7-5+. The molecule has 0 unspecified atom stereocenters. The average Bonchev–Trinajstić information content (AvgIpc) is 3.04. The van der Waals surface area contributed by atoms with E-state index in [-0.39, 0.29) is 5.78 Å². The molecule has 3 nitrogen and oxygen atoms in total. The highest BCUT2D eigenvalue weighted by Gasteiger charge is 2.05. The number of aromatic nitrogens is 2. The van der Waals surface area contributed by atoms with Crippen LogP contribution in [0.15, 0.2) is 30.5 Å². The Morgan fingerprint density at radius 3 is 2.83 bits per heavy atom. The van der Waals surface area contributed by atoms with Crippen LogP contribution < -0.4 is 0 Å². The van der Waals surface area contributed by atoms with Gasteiger partial charge in [-0.2, -0.15) is 5.10 Å². The van der Waals surface area contributed by atoms with Gasteiger partial charge in [-0.25, -0.2) is 0 Å². The van der Waals surface area contributed by atoms with Gasteiger partial charge in [-0.15, -0.1) is 11.3 Å². The molecule has 0 N–H and O–H groups in total. The Labute approximate surface area is 111 Å². The summed E-state index contributed by atoms with van der Waals surface area (Å²) in [5, 5.41) is 4.30. The Bertz CT molecular complexity index is 566. The second kappa shape index (κ2) is 5.78. The van der Waals surface area contributed by atoms with Crippen LogP contribution in [-0.2, 0) is 13.0 Å². The third-order valence-electron chi connectivity index (χ3n) is 2.64. The first-order valence-electron chi connectivity index (χ1n) is 6.07. The summed E-state index contributed by atoms with van der Waals surface area (Å²) >= 11 is 1.56. The fraction of sp³-hybridized carbons (Fsp3) is 0.286. The van der Waals surface area contributed by atoms with E-state index in [0.29, 0.717) is 0 Å². The highest BCUT2D eigenvalue weighted by molar-refractivity contribution is 7.14. The number of carbonyl (C=O) groups excluding carboxylic acids is 1. The fourth-order valence-corrected chi connectivity index (χ4v) is 2.45. The van der Waals surface area contributed by atoms with Crippen molar-refractivity contribution in [2.24, 2.45) is 0 Å². The van der Waals surface area contributed by atoms with Crippen LogP contribution in [0.5, 0.6) is 0 Å². The van der Waals surface area contributed by atoms with Gasteiger partial charge in [0.25, 0.3) is 0 Å². The smallest absolute Gasteiger partial charge is 0.195 e. The van der Waals surface area contributed by atoms with E-state index in [1.54, 1.807) is 23.5 Å². The van der Waals surface area contributed by atoms with E-state index < -0.39 is 0 Å². The molecule has 18 heavy (non-hydrogen) atoms. The minimum atomic E-state index is 0.0470. The van der Waals surface area contributed by atoms with Crippen LogP contribution in [0.3, 0.4) is 0 Å². The highest BCUT2D eigenvalue weighted by atomic mass is 32.1. The topological polar surface area (TPSA) is 34.9 Å². The lowest BCUT2D eigenvalue weighted by molar-refractivity contribution is 0.105. The summed E-state index contributed by atoms with van der Waals surface area (Å²) in [5.74, 6) is 0.0470. The molecule has 2 aromatic heterocycles. The Morgan fingerprint density at radius 2 is 2.22 bits per heavy atom. The van der Waals surface area contributed by atoms with Gasteiger partial charge in [0.15, 0.2) is 5.78 Å². The van der Waals surface area contributed by atoms with Gasteiger partial charge in [-0.05, 0) is 43.7 Å². The molecule has 0 atom stereocenters. The zero-order valence-corrected chi connectivity index (χ0v) is 11.4. The summed E-state index contributed by atoms with van der Waals surface area (Å²) in [6, 6.07) is 5.80. The van der Waals surface area contributed by atoms with Crippen molar-refractivity contribution in [3.63, 3.8) is 0 Å². The minimum Gasteiger partial charge on any atom is -0.288 e. The maximum Gasteiger partial charge on any atom is 0.195 e. The van der Waals surface area contributed by atoms with Crippen molar-refractivity contribution in [1.82, 2.24) is 9.78 Å². The number of rotatable bonds is 5. The van der Waals surface area contributed by atoms with Gasteiger partial charge < -0.3 is 0 Å². The van der Waals surface area contributed by atoms with Crippen LogP contribution in [0.25, 0.3) is 6.08 Å². The number of thiophene rings is 1. The molecule has 0 saturated carbocycles. The van der Waals surface area contributed by atoms with Gasteiger partial charge >= 0.3 is 0 Å². The van der Waals surface area contributed by atoms with Gasteiger partial charge in [-0.3, -0.25) is 9.48 Å². The Hall–Kier alpha value is -1.68. The lowest BCUT2D eigenvalue weighted by atomic mass is 10.2. The molecule has 0 aliphatic rings. The first-order chi connectivity index (χ1) is 8.72. The lowest BCUT2D eigenvalue weighted by Crippen LogP contribution is -1.94. The van der Waals surface area contributed by atoms with Crippen LogP contribution in [0.2, 0.25) is 0 Å². The zero-order valence-electron chi connectivity index (χ0n) is 10.6. The van der Waals surface area contributed by atoms with Crippen molar-refractivity contribution in [2.75, 3.05) is 0 Å². The molecule has 94 valence electrons. The molecule has 2 heterocycles. The molecule has 2 aromatic rings. The lowest BCUT2D eigenvalue weighted by Gasteiger charge is -1.91. The monoisotopic (exact) mass is 260 g/mol. The second-order valence-electron chi connectivity index (χ2n) is 3.91. The van der Waals surface area contributed by atoms with E-state index in [4.69, 9.17) is 0 Å². The summed E-state index contributed by atoms with van der Waals surface area (Å²) in [6.45, 7) is 4.96. The predicted octanol–water partition coefficient (Wildman–Crippen LogP) is 3.42. The van der Waals surface area contributed by atoms with E-state index >= 15 is 0 Å². The van der Waals surface area contributed by atoms with E-state index in [0.717, 1.165) is 23.5 Å². The fourth-order valence-electron chi connectivity index (χ4n) is 1.59. The van der Waals surface area contributed by atoms with Gasteiger partial charge in [0.2, 0.25) is 0 Å². The molecular formula is C14H16N2OS. The summed E-state index contributed by atoms with van der Waals surface area (Å²) in [6.07, 6.45) is 6.24. The quantitative estimate of drug-likeness (QED) is 0.610. The molecular weight excluding hydrogens is 244 g/mol. The van der Waals surface area contributed by atoms with Gasteiger partial charge in [-0.1, -0.05) is 6.92 Å². The van der Waals surface area contributed by atoms with Crippen molar-refractivity contribution in [3.05, 3.63) is 45.9 Å². The van der Waals surface area contributed by atoms with Crippen LogP contribution in [0.4, 0.5) is 0 Å². The van der Waals surface area contributed by atoms with E-state index in [2.05, 4.69) is 12.0 Å².